The maximum absolute atomic E-state index is 13.5. The molecular weight excluding hydrogens is 376 g/mol. The van der Waals surface area contributed by atoms with Crippen LogP contribution in [0, 0.1) is 5.82 Å². The first-order valence-electron chi connectivity index (χ1n) is 9.20. The lowest BCUT2D eigenvalue weighted by atomic mass is 9.72. The lowest BCUT2D eigenvalue weighted by molar-refractivity contribution is 0.284. The van der Waals surface area contributed by atoms with Gasteiger partial charge in [-0.25, -0.2) is 4.39 Å². The molecule has 1 atom stereocenters. The van der Waals surface area contributed by atoms with E-state index in [0.717, 1.165) is 28.5 Å². The lowest BCUT2D eigenvalue weighted by Crippen LogP contribution is -2.36. The highest BCUT2D eigenvalue weighted by Gasteiger charge is 2.40. The number of hydrogen-bond acceptors (Lipinski definition) is 3. The van der Waals surface area contributed by atoms with Crippen molar-refractivity contribution in [2.24, 2.45) is 0 Å². The largest absolute Gasteiger partial charge is 0.377 e. The second kappa shape index (κ2) is 7.00. The quantitative estimate of drug-likeness (QED) is 0.450. The molecule has 0 amide bonds. The van der Waals surface area contributed by atoms with Crippen LogP contribution in [-0.4, -0.2) is 18.8 Å². The van der Waals surface area contributed by atoms with Gasteiger partial charge in [0.2, 0.25) is 0 Å². The van der Waals surface area contributed by atoms with Gasteiger partial charge >= 0.3 is 7.60 Å². The van der Waals surface area contributed by atoms with Crippen molar-refractivity contribution in [1.82, 2.24) is 4.57 Å². The smallest absolute Gasteiger partial charge is 0.337 e. The van der Waals surface area contributed by atoms with Crippen molar-refractivity contribution < 1.29 is 18.0 Å². The Bertz CT molecular complexity index is 1080. The molecule has 0 radical (unpaired) electrons. The Morgan fingerprint density at radius 1 is 1.11 bits per heavy atom. The number of fused-ring (bicyclic) bond motifs is 3. The van der Waals surface area contributed by atoms with E-state index in [2.05, 4.69) is 11.1 Å². The summed E-state index contributed by atoms with van der Waals surface area (Å²) in [7, 11) is -0.611. The van der Waals surface area contributed by atoms with Crippen LogP contribution >= 0.6 is 7.60 Å². The van der Waals surface area contributed by atoms with Crippen LogP contribution in [0.2, 0.25) is 0 Å². The summed E-state index contributed by atoms with van der Waals surface area (Å²) >= 11 is 0. The summed E-state index contributed by atoms with van der Waals surface area (Å²) in [5.41, 5.74) is 2.38. The third-order valence-electron chi connectivity index (χ3n) is 5.87. The van der Waals surface area contributed by atoms with E-state index in [1.807, 2.05) is 42.5 Å². The summed E-state index contributed by atoms with van der Waals surface area (Å²) in [6.07, 6.45) is 3.39. The van der Waals surface area contributed by atoms with Crippen LogP contribution in [0.15, 0.2) is 61.2 Å². The van der Waals surface area contributed by atoms with Gasteiger partial charge in [0, 0.05) is 49.1 Å². The van der Waals surface area contributed by atoms with Gasteiger partial charge in [-0.3, -0.25) is 4.57 Å². The van der Waals surface area contributed by atoms with Gasteiger partial charge < -0.3 is 13.6 Å². The molecule has 0 fully saturated rings. The molecule has 0 N–H and O–H groups in total. The molecule has 0 saturated heterocycles. The lowest BCUT2D eigenvalue weighted by Gasteiger charge is -2.37. The molecular formula is C22H23FNO3P. The zero-order chi connectivity index (χ0) is 19.9. The normalized spacial score (nSPS) is 19.5. The standard InChI is InChI=1S/C22H23FNO3P/c1-4-22(16-9-11-17(23)12-10-16)13-14-24-20(15-22)18-7-5-6-8-19(18)21(24)28(25,26-2)27-3/h4-12H,1,13-15H2,2-3H3. The van der Waals surface area contributed by atoms with Gasteiger partial charge in [-0.15, -0.1) is 6.58 Å². The van der Waals surface area contributed by atoms with Crippen molar-refractivity contribution in [3.8, 4) is 0 Å². The number of nitrogens with zero attached hydrogens (tertiary/aromatic N) is 1. The minimum absolute atomic E-state index is 0.254. The predicted octanol–water partition coefficient (Wildman–Crippen LogP) is 4.96. The Balaban J connectivity index is 1.93. The molecule has 146 valence electrons. The molecule has 1 aromatic heterocycles. The van der Waals surface area contributed by atoms with Crippen LogP contribution in [0.25, 0.3) is 10.8 Å². The average molecular weight is 399 g/mol. The summed E-state index contributed by atoms with van der Waals surface area (Å²) in [6, 6.07) is 14.5. The predicted molar refractivity (Wildman–Crippen MR) is 110 cm³/mol. The Morgan fingerprint density at radius 2 is 1.75 bits per heavy atom. The summed E-state index contributed by atoms with van der Waals surface area (Å²) in [6.45, 7) is 4.73. The van der Waals surface area contributed by atoms with E-state index in [1.54, 1.807) is 0 Å². The number of rotatable bonds is 5. The van der Waals surface area contributed by atoms with Crippen molar-refractivity contribution in [2.75, 3.05) is 14.2 Å². The molecule has 4 nitrogen and oxygen atoms in total. The first-order chi connectivity index (χ1) is 13.5. The summed E-state index contributed by atoms with van der Waals surface area (Å²) < 4.78 is 39.5. The van der Waals surface area contributed by atoms with E-state index in [9.17, 15) is 8.96 Å². The molecule has 3 aromatic rings. The Labute approximate surface area is 164 Å². The molecule has 1 aliphatic heterocycles. The van der Waals surface area contributed by atoms with Gasteiger partial charge in [-0.05, 0) is 24.1 Å². The van der Waals surface area contributed by atoms with Crippen LogP contribution in [0.3, 0.4) is 0 Å². The number of benzene rings is 2. The number of halogens is 1. The fourth-order valence-corrected chi connectivity index (χ4v) is 5.84. The summed E-state index contributed by atoms with van der Waals surface area (Å²) in [4.78, 5) is 0. The highest BCUT2D eigenvalue weighted by Crippen LogP contribution is 2.50. The summed E-state index contributed by atoms with van der Waals surface area (Å²) in [5, 5.41) is 1.91. The molecule has 2 aromatic carbocycles. The fourth-order valence-electron chi connectivity index (χ4n) is 4.34. The maximum atomic E-state index is 13.5. The third-order valence-corrected chi connectivity index (χ3v) is 7.84. The van der Waals surface area contributed by atoms with Gasteiger partial charge in [-0.2, -0.15) is 0 Å². The zero-order valence-electron chi connectivity index (χ0n) is 16.0. The molecule has 4 rings (SSSR count). The third kappa shape index (κ3) is 2.77. The van der Waals surface area contributed by atoms with E-state index in [-0.39, 0.29) is 11.2 Å². The molecule has 28 heavy (non-hydrogen) atoms. The van der Waals surface area contributed by atoms with Gasteiger partial charge in [-0.1, -0.05) is 42.5 Å². The van der Waals surface area contributed by atoms with Crippen molar-refractivity contribution in [3.63, 3.8) is 0 Å². The first-order valence-corrected chi connectivity index (χ1v) is 10.7. The minimum Gasteiger partial charge on any atom is -0.337 e. The fraction of sp³-hybridized carbons (Fsp3) is 0.273. The van der Waals surface area contributed by atoms with E-state index < -0.39 is 7.60 Å². The SMILES string of the molecule is C=CC1(c2ccc(F)cc2)CCn2c(c3ccccc3c2P(=O)(OC)OC)C1. The van der Waals surface area contributed by atoms with Gasteiger partial charge in [0.05, 0.1) is 0 Å². The number of hydrogen-bond donors (Lipinski definition) is 0. The second-order valence-electron chi connectivity index (χ2n) is 7.12. The monoisotopic (exact) mass is 399 g/mol. The highest BCUT2D eigenvalue weighted by atomic mass is 31.2. The van der Waals surface area contributed by atoms with Crippen LogP contribution in [0.5, 0.6) is 0 Å². The van der Waals surface area contributed by atoms with Crippen LogP contribution in [-0.2, 0) is 32.0 Å². The Hall–Kier alpha value is -2.20. The van der Waals surface area contributed by atoms with Crippen LogP contribution in [0.4, 0.5) is 4.39 Å². The summed E-state index contributed by atoms with van der Waals surface area (Å²) in [5.74, 6) is -0.254. The topological polar surface area (TPSA) is 40.5 Å². The average Bonchev–Trinajstić information content (AvgIpc) is 3.07. The van der Waals surface area contributed by atoms with Crippen molar-refractivity contribution in [1.29, 1.82) is 0 Å². The Kier molecular flexibility index (Phi) is 4.78. The van der Waals surface area contributed by atoms with E-state index in [0.29, 0.717) is 18.4 Å². The maximum Gasteiger partial charge on any atom is 0.377 e. The first kappa shape index (κ1) is 19.1. The van der Waals surface area contributed by atoms with Gasteiger partial charge in [0.15, 0.2) is 0 Å². The van der Waals surface area contributed by atoms with Gasteiger partial charge in [0.25, 0.3) is 0 Å². The van der Waals surface area contributed by atoms with E-state index >= 15 is 0 Å². The molecule has 1 aliphatic rings. The Morgan fingerprint density at radius 3 is 2.36 bits per heavy atom. The highest BCUT2D eigenvalue weighted by molar-refractivity contribution is 7.62. The van der Waals surface area contributed by atoms with Gasteiger partial charge in [0.1, 0.15) is 11.3 Å². The van der Waals surface area contributed by atoms with Crippen molar-refractivity contribution in [2.45, 2.75) is 24.8 Å². The molecule has 0 bridgehead atoms. The minimum atomic E-state index is -3.43. The van der Waals surface area contributed by atoms with Crippen molar-refractivity contribution in [3.05, 3.63) is 78.3 Å². The number of aromatic nitrogens is 1. The molecule has 1 unspecified atom stereocenters. The van der Waals surface area contributed by atoms with E-state index in [1.165, 1.54) is 26.4 Å². The van der Waals surface area contributed by atoms with Crippen LogP contribution in [0.1, 0.15) is 17.7 Å². The molecule has 6 heteroatoms. The van der Waals surface area contributed by atoms with E-state index in [4.69, 9.17) is 9.05 Å². The molecule has 2 heterocycles. The molecule has 0 saturated carbocycles. The number of allylic oxidation sites excluding steroid dienone is 1. The second-order valence-corrected chi connectivity index (χ2v) is 9.27. The van der Waals surface area contributed by atoms with Crippen LogP contribution < -0.4 is 5.44 Å². The van der Waals surface area contributed by atoms with Crippen molar-refractivity contribution >= 4 is 23.8 Å². The molecule has 0 spiro atoms. The molecule has 0 aliphatic carbocycles. The zero-order valence-corrected chi connectivity index (χ0v) is 16.9.